The van der Waals surface area contributed by atoms with Crippen LogP contribution in [0, 0.1) is 0 Å². The van der Waals surface area contributed by atoms with Crippen molar-refractivity contribution in [3.63, 3.8) is 0 Å². The van der Waals surface area contributed by atoms with Crippen LogP contribution < -0.4 is 5.32 Å². The summed E-state index contributed by atoms with van der Waals surface area (Å²) < 4.78 is 4.07. The Morgan fingerprint density at radius 3 is 3.04 bits per heavy atom. The first kappa shape index (κ1) is 16.8. The van der Waals surface area contributed by atoms with Crippen LogP contribution in [0.2, 0.25) is 0 Å². The van der Waals surface area contributed by atoms with E-state index in [9.17, 15) is 4.79 Å². The molecule has 4 rings (SSSR count). The highest BCUT2D eigenvalue weighted by atomic mass is 16.1. The van der Waals surface area contributed by atoms with Crippen LogP contribution >= 0.6 is 0 Å². The Morgan fingerprint density at radius 2 is 2.19 bits per heavy atom. The molecule has 1 N–H and O–H groups in total. The molecule has 1 fully saturated rings. The zero-order valence-electron chi connectivity index (χ0n) is 15.2. The maximum Gasteiger partial charge on any atom is 0.267 e. The minimum atomic E-state index is -0.0473. The van der Waals surface area contributed by atoms with Gasteiger partial charge in [0.1, 0.15) is 5.69 Å². The Hall–Kier alpha value is -2.67. The maximum absolute atomic E-state index is 12.1. The first-order valence-corrected chi connectivity index (χ1v) is 9.07. The van der Waals surface area contributed by atoms with Crippen LogP contribution in [0.5, 0.6) is 0 Å². The van der Waals surface area contributed by atoms with Crippen molar-refractivity contribution in [2.45, 2.75) is 31.8 Å². The molecule has 4 heterocycles. The molecule has 0 bridgehead atoms. The lowest BCUT2D eigenvalue weighted by molar-refractivity contribution is 0.0952. The third kappa shape index (κ3) is 2.88. The highest BCUT2D eigenvalue weighted by molar-refractivity contribution is 5.92. The van der Waals surface area contributed by atoms with Gasteiger partial charge in [-0.3, -0.25) is 14.1 Å². The number of imidazole rings is 1. The lowest BCUT2D eigenvalue weighted by Gasteiger charge is -2.36. The predicted molar refractivity (Wildman–Crippen MR) is 98.8 cm³/mol. The number of nitrogens with one attached hydrogen (secondary N) is 1. The zero-order valence-corrected chi connectivity index (χ0v) is 15.2. The summed E-state index contributed by atoms with van der Waals surface area (Å²) in [6.07, 6.45) is 9.18. The van der Waals surface area contributed by atoms with E-state index in [-0.39, 0.29) is 5.91 Å². The van der Waals surface area contributed by atoms with E-state index in [0.717, 1.165) is 31.0 Å². The Bertz CT molecular complexity index is 927. The van der Waals surface area contributed by atoms with Crippen LogP contribution in [0.25, 0.3) is 5.78 Å². The van der Waals surface area contributed by atoms with Gasteiger partial charge in [-0.05, 0) is 37.6 Å². The van der Waals surface area contributed by atoms with Gasteiger partial charge in [0, 0.05) is 38.7 Å². The van der Waals surface area contributed by atoms with E-state index in [4.69, 9.17) is 0 Å². The summed E-state index contributed by atoms with van der Waals surface area (Å²) in [4.78, 5) is 23.2. The number of hydrogen-bond donors (Lipinski definition) is 1. The smallest absolute Gasteiger partial charge is 0.267 e. The fourth-order valence-electron chi connectivity index (χ4n) is 3.94. The average Bonchev–Trinajstić information content (AvgIpc) is 3.26. The molecule has 7 heteroatoms. The molecule has 0 radical (unpaired) electrons. The van der Waals surface area contributed by atoms with Gasteiger partial charge in [-0.25, -0.2) is 9.97 Å². The van der Waals surface area contributed by atoms with Gasteiger partial charge in [0.2, 0.25) is 5.78 Å². The number of amides is 1. The Kier molecular flexibility index (Phi) is 4.46. The Morgan fingerprint density at radius 1 is 1.31 bits per heavy atom. The molecule has 26 heavy (non-hydrogen) atoms. The molecule has 3 aromatic heterocycles. The predicted octanol–water partition coefficient (Wildman–Crippen LogP) is 2.15. The largest absolute Gasteiger partial charge is 0.354 e. The van der Waals surface area contributed by atoms with Crippen LogP contribution in [0.3, 0.4) is 0 Å². The summed E-state index contributed by atoms with van der Waals surface area (Å²) in [6.45, 7) is 1.86. The first-order valence-electron chi connectivity index (χ1n) is 9.07. The highest BCUT2D eigenvalue weighted by Gasteiger charge is 2.28. The monoisotopic (exact) mass is 352 g/mol. The van der Waals surface area contributed by atoms with Gasteiger partial charge in [-0.15, -0.1) is 0 Å². The molecule has 0 spiro atoms. The minimum absolute atomic E-state index is 0.0473. The van der Waals surface area contributed by atoms with E-state index in [1.165, 1.54) is 18.5 Å². The van der Waals surface area contributed by atoms with Crippen LogP contribution in [0.1, 0.15) is 47.2 Å². The van der Waals surface area contributed by atoms with Crippen LogP contribution in [-0.2, 0) is 13.6 Å². The van der Waals surface area contributed by atoms with Crippen LogP contribution in [-0.4, -0.2) is 43.3 Å². The highest BCUT2D eigenvalue weighted by Crippen LogP contribution is 2.33. The summed E-state index contributed by atoms with van der Waals surface area (Å²) in [7, 11) is 3.64. The molecule has 3 aromatic rings. The number of fused-ring (bicyclic) bond motifs is 1. The molecular weight excluding hydrogens is 328 g/mol. The Labute approximate surface area is 152 Å². The lowest BCUT2D eigenvalue weighted by atomic mass is 9.99. The van der Waals surface area contributed by atoms with E-state index in [2.05, 4.69) is 26.3 Å². The van der Waals surface area contributed by atoms with Crippen molar-refractivity contribution in [3.05, 3.63) is 53.9 Å². The van der Waals surface area contributed by atoms with Crippen molar-refractivity contribution in [2.24, 2.45) is 7.05 Å². The fourth-order valence-corrected chi connectivity index (χ4v) is 3.94. The van der Waals surface area contributed by atoms with Gasteiger partial charge >= 0.3 is 0 Å². The van der Waals surface area contributed by atoms with E-state index in [0.29, 0.717) is 11.7 Å². The standard InChI is InChI=1S/C19H24N6O/c1-20-18(26)17-8-7-15(23(17)2)16-6-3-4-10-24(16)13-14-12-22-19-21-9-5-11-25(14)19/h5,7-9,11-12,16H,3-4,6,10,13H2,1-2H3,(H,20,26)/t16-/m1/s1. The molecule has 7 nitrogen and oxygen atoms in total. The summed E-state index contributed by atoms with van der Waals surface area (Å²) in [5, 5.41) is 2.71. The second-order valence-electron chi connectivity index (χ2n) is 6.80. The maximum atomic E-state index is 12.1. The van der Waals surface area contributed by atoms with Crippen LogP contribution in [0.4, 0.5) is 0 Å². The number of aromatic nitrogens is 4. The van der Waals surface area contributed by atoms with Gasteiger partial charge in [0.25, 0.3) is 5.91 Å². The van der Waals surface area contributed by atoms with Crippen molar-refractivity contribution in [1.29, 1.82) is 0 Å². The van der Waals surface area contributed by atoms with E-state index >= 15 is 0 Å². The van der Waals surface area contributed by atoms with Crippen molar-refractivity contribution >= 4 is 11.7 Å². The van der Waals surface area contributed by atoms with E-state index in [1.807, 2.05) is 40.5 Å². The molecule has 0 aromatic carbocycles. The van der Waals surface area contributed by atoms with Crippen molar-refractivity contribution in [3.8, 4) is 0 Å². The molecule has 1 amide bonds. The second-order valence-corrected chi connectivity index (χ2v) is 6.80. The van der Waals surface area contributed by atoms with E-state index < -0.39 is 0 Å². The fraction of sp³-hybridized carbons (Fsp3) is 0.421. The van der Waals surface area contributed by atoms with E-state index in [1.54, 1.807) is 13.2 Å². The molecular formula is C19H24N6O. The summed E-state index contributed by atoms with van der Waals surface area (Å²) in [6, 6.07) is 6.23. The van der Waals surface area contributed by atoms with Gasteiger partial charge in [0.15, 0.2) is 0 Å². The minimum Gasteiger partial charge on any atom is -0.354 e. The molecule has 0 saturated carbocycles. The molecule has 136 valence electrons. The lowest BCUT2D eigenvalue weighted by Crippen LogP contribution is -2.34. The summed E-state index contributed by atoms with van der Waals surface area (Å²) in [5.41, 5.74) is 3.03. The first-order chi connectivity index (χ1) is 12.7. The quantitative estimate of drug-likeness (QED) is 0.781. The number of piperidine rings is 1. The molecule has 1 aliphatic heterocycles. The average molecular weight is 352 g/mol. The topological polar surface area (TPSA) is 67.5 Å². The third-order valence-electron chi connectivity index (χ3n) is 5.31. The van der Waals surface area contributed by atoms with Gasteiger partial charge in [-0.2, -0.15) is 0 Å². The van der Waals surface area contributed by atoms with Gasteiger partial charge < -0.3 is 9.88 Å². The zero-order chi connectivity index (χ0) is 18.1. The summed E-state index contributed by atoms with van der Waals surface area (Å²) in [5.74, 6) is 0.686. The van der Waals surface area contributed by atoms with Gasteiger partial charge in [-0.1, -0.05) is 6.42 Å². The number of carbonyl (C=O) groups is 1. The second kappa shape index (κ2) is 6.92. The SMILES string of the molecule is CNC(=O)c1ccc([C@H]2CCCCN2Cc2cnc3ncccn23)n1C. The Balaban J connectivity index is 1.63. The molecule has 0 aliphatic carbocycles. The molecule has 1 aliphatic rings. The number of carbonyl (C=O) groups excluding carboxylic acids is 1. The molecule has 0 unspecified atom stereocenters. The summed E-state index contributed by atoms with van der Waals surface area (Å²) >= 11 is 0. The number of nitrogens with zero attached hydrogens (tertiary/aromatic N) is 5. The number of likely N-dealkylation sites (tertiary alicyclic amines) is 1. The normalized spacial score (nSPS) is 18.3. The third-order valence-corrected chi connectivity index (χ3v) is 5.31. The molecule has 1 saturated heterocycles. The van der Waals surface area contributed by atoms with Crippen molar-refractivity contribution in [1.82, 2.24) is 29.2 Å². The van der Waals surface area contributed by atoms with Gasteiger partial charge in [0.05, 0.1) is 17.9 Å². The number of hydrogen-bond acceptors (Lipinski definition) is 4. The molecule has 1 atom stereocenters. The van der Waals surface area contributed by atoms with Crippen LogP contribution in [0.15, 0.2) is 36.8 Å². The van der Waals surface area contributed by atoms with Crippen molar-refractivity contribution < 1.29 is 4.79 Å². The number of rotatable bonds is 4. The van der Waals surface area contributed by atoms with Crippen molar-refractivity contribution in [2.75, 3.05) is 13.6 Å².